The first kappa shape index (κ1) is 20.5. The van der Waals surface area contributed by atoms with Crippen molar-refractivity contribution in [3.8, 4) is 22.6 Å². The maximum atomic E-state index is 6.15. The van der Waals surface area contributed by atoms with E-state index in [1.807, 2.05) is 12.1 Å². The van der Waals surface area contributed by atoms with Gasteiger partial charge in [0.25, 0.3) is 0 Å². The van der Waals surface area contributed by atoms with E-state index < -0.39 is 0 Å². The zero-order valence-corrected chi connectivity index (χ0v) is 18.2. The molecule has 0 heterocycles. The molecule has 0 bridgehead atoms. The van der Waals surface area contributed by atoms with Crippen LogP contribution in [0.3, 0.4) is 0 Å². The third-order valence-electron chi connectivity index (χ3n) is 5.89. The van der Waals surface area contributed by atoms with Gasteiger partial charge in [0.05, 0.1) is 7.11 Å². The highest BCUT2D eigenvalue weighted by molar-refractivity contribution is 5.64. The third kappa shape index (κ3) is 5.03. The van der Waals surface area contributed by atoms with Gasteiger partial charge in [-0.2, -0.15) is 0 Å². The second kappa shape index (κ2) is 9.36. The van der Waals surface area contributed by atoms with Crippen LogP contribution in [0.4, 0.5) is 0 Å². The maximum Gasteiger partial charge on any atom is 0.120 e. The molecule has 1 aliphatic carbocycles. The predicted octanol–water partition coefficient (Wildman–Crippen LogP) is 5.61. The lowest BCUT2D eigenvalue weighted by Gasteiger charge is -2.27. The number of benzene rings is 3. The Bertz CT molecular complexity index is 978. The molecule has 3 aromatic rings. The second-order valence-corrected chi connectivity index (χ2v) is 8.52. The minimum atomic E-state index is 0.575. The maximum absolute atomic E-state index is 6.15. The third-order valence-corrected chi connectivity index (χ3v) is 5.89. The molecule has 0 radical (unpaired) electrons. The van der Waals surface area contributed by atoms with Gasteiger partial charge < -0.3 is 14.4 Å². The molecule has 0 spiro atoms. The molecule has 0 saturated heterocycles. The summed E-state index contributed by atoms with van der Waals surface area (Å²) in [7, 11) is 6.02. The van der Waals surface area contributed by atoms with Crippen molar-refractivity contribution in [2.75, 3.05) is 27.7 Å². The standard InChI is InChI=1S/C27H31NO2/c1-28(2)18-20-7-8-25-17-27(14-11-24(25)15-20)30-19-21-5-4-6-23(16-21)22-9-12-26(29-3)13-10-22/h4-6,9-14,16-17,20H,7-8,15,18-19H2,1-3H3. The second-order valence-electron chi connectivity index (χ2n) is 8.52. The van der Waals surface area contributed by atoms with E-state index in [-0.39, 0.29) is 0 Å². The van der Waals surface area contributed by atoms with Gasteiger partial charge in [-0.1, -0.05) is 36.4 Å². The lowest BCUT2D eigenvalue weighted by atomic mass is 9.83. The van der Waals surface area contributed by atoms with Crippen LogP contribution in [0.2, 0.25) is 0 Å². The molecule has 1 atom stereocenters. The Kier molecular flexibility index (Phi) is 6.39. The minimum Gasteiger partial charge on any atom is -0.497 e. The lowest BCUT2D eigenvalue weighted by molar-refractivity contribution is 0.297. The van der Waals surface area contributed by atoms with Crippen molar-refractivity contribution < 1.29 is 9.47 Å². The van der Waals surface area contributed by atoms with Gasteiger partial charge in [-0.25, -0.2) is 0 Å². The van der Waals surface area contributed by atoms with Crippen LogP contribution in [0, 0.1) is 5.92 Å². The van der Waals surface area contributed by atoms with E-state index in [2.05, 4.69) is 73.6 Å². The summed E-state index contributed by atoms with van der Waals surface area (Å²) in [6.07, 6.45) is 3.59. The van der Waals surface area contributed by atoms with E-state index in [1.165, 1.54) is 47.2 Å². The van der Waals surface area contributed by atoms with Crippen LogP contribution >= 0.6 is 0 Å². The quantitative estimate of drug-likeness (QED) is 0.514. The molecule has 0 aromatic heterocycles. The largest absolute Gasteiger partial charge is 0.497 e. The van der Waals surface area contributed by atoms with Gasteiger partial charge in [-0.15, -0.1) is 0 Å². The predicted molar refractivity (Wildman–Crippen MR) is 123 cm³/mol. The van der Waals surface area contributed by atoms with Gasteiger partial charge in [-0.3, -0.25) is 0 Å². The number of hydrogen-bond donors (Lipinski definition) is 0. The smallest absolute Gasteiger partial charge is 0.120 e. The Labute approximate surface area is 180 Å². The Balaban J connectivity index is 1.40. The molecule has 0 saturated carbocycles. The van der Waals surface area contributed by atoms with Crippen LogP contribution < -0.4 is 9.47 Å². The molecule has 0 fully saturated rings. The van der Waals surface area contributed by atoms with Crippen molar-refractivity contribution >= 4 is 0 Å². The molecular weight excluding hydrogens is 370 g/mol. The Morgan fingerprint density at radius 3 is 2.43 bits per heavy atom. The molecule has 156 valence electrons. The van der Waals surface area contributed by atoms with Crippen LogP contribution in [0.15, 0.2) is 66.7 Å². The molecule has 3 nitrogen and oxygen atoms in total. The zero-order valence-electron chi connectivity index (χ0n) is 18.2. The van der Waals surface area contributed by atoms with Crippen LogP contribution in [0.1, 0.15) is 23.1 Å². The Hall–Kier alpha value is -2.78. The minimum absolute atomic E-state index is 0.575. The van der Waals surface area contributed by atoms with Gasteiger partial charge in [0.2, 0.25) is 0 Å². The molecule has 0 amide bonds. The number of fused-ring (bicyclic) bond motifs is 1. The molecule has 0 aliphatic heterocycles. The highest BCUT2D eigenvalue weighted by Gasteiger charge is 2.19. The highest BCUT2D eigenvalue weighted by atomic mass is 16.5. The fourth-order valence-electron chi connectivity index (χ4n) is 4.36. The van der Waals surface area contributed by atoms with E-state index in [0.717, 1.165) is 23.8 Å². The van der Waals surface area contributed by atoms with Crippen LogP contribution in [0.5, 0.6) is 11.5 Å². The van der Waals surface area contributed by atoms with E-state index in [0.29, 0.717) is 6.61 Å². The molecule has 0 N–H and O–H groups in total. The van der Waals surface area contributed by atoms with E-state index in [4.69, 9.17) is 9.47 Å². The Morgan fingerprint density at radius 2 is 1.67 bits per heavy atom. The van der Waals surface area contributed by atoms with Gasteiger partial charge in [0, 0.05) is 6.54 Å². The molecule has 3 aromatic carbocycles. The molecular formula is C27H31NO2. The average molecular weight is 402 g/mol. The highest BCUT2D eigenvalue weighted by Crippen LogP contribution is 2.29. The first-order valence-corrected chi connectivity index (χ1v) is 10.7. The van der Waals surface area contributed by atoms with Gasteiger partial charge >= 0.3 is 0 Å². The van der Waals surface area contributed by atoms with Gasteiger partial charge in [-0.05, 0) is 97.4 Å². The lowest BCUT2D eigenvalue weighted by Crippen LogP contribution is -2.26. The topological polar surface area (TPSA) is 21.7 Å². The molecule has 30 heavy (non-hydrogen) atoms. The van der Waals surface area contributed by atoms with Crippen molar-refractivity contribution in [1.29, 1.82) is 0 Å². The average Bonchev–Trinajstić information content (AvgIpc) is 2.77. The summed E-state index contributed by atoms with van der Waals surface area (Å²) in [6.45, 7) is 1.74. The fraction of sp³-hybridized carbons (Fsp3) is 0.333. The summed E-state index contributed by atoms with van der Waals surface area (Å²) in [4.78, 5) is 2.30. The summed E-state index contributed by atoms with van der Waals surface area (Å²) >= 11 is 0. The van der Waals surface area contributed by atoms with Crippen molar-refractivity contribution in [3.63, 3.8) is 0 Å². The summed E-state index contributed by atoms with van der Waals surface area (Å²) in [5.74, 6) is 2.60. The molecule has 1 aliphatic rings. The van der Waals surface area contributed by atoms with Crippen molar-refractivity contribution in [2.45, 2.75) is 25.9 Å². The van der Waals surface area contributed by atoms with Crippen LogP contribution in [-0.2, 0) is 19.4 Å². The van der Waals surface area contributed by atoms with Gasteiger partial charge in [0.15, 0.2) is 0 Å². The van der Waals surface area contributed by atoms with E-state index >= 15 is 0 Å². The summed E-state index contributed by atoms with van der Waals surface area (Å²) in [6, 6.07) is 23.4. The first-order valence-electron chi connectivity index (χ1n) is 10.7. The SMILES string of the molecule is COc1ccc(-c2cccc(COc3ccc4c(c3)CCC(CN(C)C)C4)c2)cc1. The number of aryl methyl sites for hydroxylation is 1. The first-order chi connectivity index (χ1) is 14.6. The summed E-state index contributed by atoms with van der Waals surface area (Å²) < 4.78 is 11.4. The molecule has 3 heteroatoms. The summed E-state index contributed by atoms with van der Waals surface area (Å²) in [5, 5.41) is 0. The van der Waals surface area contributed by atoms with E-state index in [9.17, 15) is 0 Å². The Morgan fingerprint density at radius 1 is 0.867 bits per heavy atom. The number of ether oxygens (including phenoxy) is 2. The molecule has 1 unspecified atom stereocenters. The molecule has 4 rings (SSSR count). The van der Waals surface area contributed by atoms with Crippen molar-refractivity contribution in [3.05, 3.63) is 83.4 Å². The van der Waals surface area contributed by atoms with Crippen LogP contribution in [-0.4, -0.2) is 32.6 Å². The monoisotopic (exact) mass is 401 g/mol. The van der Waals surface area contributed by atoms with Crippen LogP contribution in [0.25, 0.3) is 11.1 Å². The van der Waals surface area contributed by atoms with Crippen molar-refractivity contribution in [2.24, 2.45) is 5.92 Å². The fourth-order valence-corrected chi connectivity index (χ4v) is 4.36. The number of hydrogen-bond acceptors (Lipinski definition) is 3. The zero-order chi connectivity index (χ0) is 20.9. The van der Waals surface area contributed by atoms with E-state index in [1.54, 1.807) is 7.11 Å². The van der Waals surface area contributed by atoms with Crippen molar-refractivity contribution in [1.82, 2.24) is 4.90 Å². The number of methoxy groups -OCH3 is 1. The number of rotatable bonds is 7. The summed E-state index contributed by atoms with van der Waals surface area (Å²) in [5.41, 5.74) is 6.48. The number of nitrogens with zero attached hydrogens (tertiary/aromatic N) is 1. The van der Waals surface area contributed by atoms with Gasteiger partial charge in [0.1, 0.15) is 18.1 Å². The normalized spacial score (nSPS) is 15.7.